The van der Waals surface area contributed by atoms with E-state index in [2.05, 4.69) is 15.2 Å². The van der Waals surface area contributed by atoms with Crippen LogP contribution in [0, 0.1) is 0 Å². The van der Waals surface area contributed by atoms with Crippen molar-refractivity contribution in [3.05, 3.63) is 24.0 Å². The fourth-order valence-electron chi connectivity index (χ4n) is 2.91. The van der Waals surface area contributed by atoms with Crippen molar-refractivity contribution in [2.24, 2.45) is 0 Å². The molecule has 24 heavy (non-hydrogen) atoms. The first-order chi connectivity index (χ1) is 11.4. The first kappa shape index (κ1) is 18.2. The van der Waals surface area contributed by atoms with Gasteiger partial charge < -0.3 is 20.1 Å². The molecule has 0 saturated carbocycles. The predicted molar refractivity (Wildman–Crippen MR) is 90.3 cm³/mol. The number of carboxylic acids is 1. The first-order valence-electron chi connectivity index (χ1n) is 8.30. The summed E-state index contributed by atoms with van der Waals surface area (Å²) in [6.45, 7) is 7.38. The zero-order valence-electron chi connectivity index (χ0n) is 14.4. The topological polar surface area (TPSA) is 91.8 Å². The summed E-state index contributed by atoms with van der Waals surface area (Å²) >= 11 is 0. The number of nitrogens with zero attached hydrogens (tertiary/aromatic N) is 2. The van der Waals surface area contributed by atoms with Gasteiger partial charge >= 0.3 is 5.97 Å². The number of hydrogen-bond donors (Lipinski definition) is 2. The van der Waals surface area contributed by atoms with Gasteiger partial charge in [0, 0.05) is 25.0 Å². The van der Waals surface area contributed by atoms with E-state index >= 15 is 0 Å². The van der Waals surface area contributed by atoms with Gasteiger partial charge in [-0.2, -0.15) is 0 Å². The molecule has 1 fully saturated rings. The molecule has 132 valence electrons. The van der Waals surface area contributed by atoms with Crippen LogP contribution >= 0.6 is 0 Å². The molecule has 3 atom stereocenters. The Morgan fingerprint density at radius 1 is 1.42 bits per heavy atom. The minimum absolute atomic E-state index is 0.111. The second-order valence-electron chi connectivity index (χ2n) is 6.21. The molecular weight excluding hydrogens is 310 g/mol. The highest BCUT2D eigenvalue weighted by Crippen LogP contribution is 2.20. The molecule has 1 aromatic rings. The lowest BCUT2D eigenvalue weighted by atomic mass is 10.1. The number of carbonyl (C=O) groups is 2. The third kappa shape index (κ3) is 4.67. The zero-order valence-corrected chi connectivity index (χ0v) is 14.4. The van der Waals surface area contributed by atoms with Gasteiger partial charge in [0.25, 0.3) is 5.91 Å². The van der Waals surface area contributed by atoms with Gasteiger partial charge in [0.15, 0.2) is 0 Å². The highest BCUT2D eigenvalue weighted by atomic mass is 16.5. The Balaban J connectivity index is 2.11. The fourth-order valence-corrected chi connectivity index (χ4v) is 2.91. The van der Waals surface area contributed by atoms with Gasteiger partial charge in [-0.25, -0.2) is 4.79 Å². The molecule has 7 nitrogen and oxygen atoms in total. The Morgan fingerprint density at radius 3 is 2.67 bits per heavy atom. The number of aromatic nitrogens is 1. The van der Waals surface area contributed by atoms with Crippen molar-refractivity contribution in [1.29, 1.82) is 0 Å². The average Bonchev–Trinajstić information content (AvgIpc) is 2.53. The lowest BCUT2D eigenvalue weighted by molar-refractivity contribution is -0.139. The van der Waals surface area contributed by atoms with E-state index in [1.807, 2.05) is 26.8 Å². The Morgan fingerprint density at radius 2 is 2.08 bits per heavy atom. The number of carboxylic acid groups (broad SMARTS) is 1. The monoisotopic (exact) mass is 335 g/mol. The average molecular weight is 335 g/mol. The number of ether oxygens (including phenoxy) is 1. The summed E-state index contributed by atoms with van der Waals surface area (Å²) in [5.41, 5.74) is 1.11. The van der Waals surface area contributed by atoms with E-state index in [-0.39, 0.29) is 17.9 Å². The number of amides is 1. The molecule has 0 aliphatic carbocycles. The van der Waals surface area contributed by atoms with Crippen LogP contribution in [0.4, 0.5) is 5.69 Å². The van der Waals surface area contributed by atoms with Gasteiger partial charge in [0.1, 0.15) is 11.7 Å². The number of rotatable bonds is 6. The molecular formula is C17H25N3O4. The van der Waals surface area contributed by atoms with Crippen LogP contribution in [0.25, 0.3) is 0 Å². The summed E-state index contributed by atoms with van der Waals surface area (Å²) < 4.78 is 5.72. The van der Waals surface area contributed by atoms with Gasteiger partial charge in [-0.3, -0.25) is 9.78 Å². The highest BCUT2D eigenvalue weighted by Gasteiger charge is 2.24. The third-order valence-corrected chi connectivity index (χ3v) is 3.94. The first-order valence-corrected chi connectivity index (χ1v) is 8.30. The molecule has 0 radical (unpaired) electrons. The van der Waals surface area contributed by atoms with Crippen molar-refractivity contribution in [1.82, 2.24) is 10.3 Å². The molecule has 1 aromatic heterocycles. The maximum absolute atomic E-state index is 12.3. The minimum Gasteiger partial charge on any atom is -0.480 e. The van der Waals surface area contributed by atoms with E-state index in [1.54, 1.807) is 12.3 Å². The molecule has 0 bridgehead atoms. The normalized spacial score (nSPS) is 22.0. The molecule has 1 aliphatic rings. The van der Waals surface area contributed by atoms with Crippen molar-refractivity contribution in [2.45, 2.75) is 51.9 Å². The summed E-state index contributed by atoms with van der Waals surface area (Å²) in [7, 11) is 0. The van der Waals surface area contributed by atoms with Gasteiger partial charge in [-0.05, 0) is 32.4 Å². The molecule has 0 spiro atoms. The van der Waals surface area contributed by atoms with Crippen LogP contribution in [0.2, 0.25) is 0 Å². The van der Waals surface area contributed by atoms with Crippen molar-refractivity contribution in [2.75, 3.05) is 18.0 Å². The van der Waals surface area contributed by atoms with E-state index in [0.29, 0.717) is 12.8 Å². The standard InChI is InChI=1S/C17H25N3O4/c1-4-5-14(17(22)23)19-16(21)15-8-13(6-7-18-15)20-9-11(2)24-12(3)10-20/h6-8,11-12,14H,4-5,9-10H2,1-3H3,(H,19,21)(H,22,23). The minimum atomic E-state index is -1.03. The molecule has 2 rings (SSSR count). The Hall–Kier alpha value is -2.15. The van der Waals surface area contributed by atoms with Gasteiger partial charge in [-0.15, -0.1) is 0 Å². The van der Waals surface area contributed by atoms with E-state index in [9.17, 15) is 9.59 Å². The molecule has 1 aliphatic heterocycles. The zero-order chi connectivity index (χ0) is 17.7. The maximum atomic E-state index is 12.3. The predicted octanol–water partition coefficient (Wildman–Crippen LogP) is 1.68. The van der Waals surface area contributed by atoms with Crippen LogP contribution in [0.15, 0.2) is 18.3 Å². The molecule has 2 heterocycles. The number of carbonyl (C=O) groups excluding carboxylic acids is 1. The van der Waals surface area contributed by atoms with E-state index in [4.69, 9.17) is 9.84 Å². The second kappa shape index (κ2) is 8.10. The highest BCUT2D eigenvalue weighted by molar-refractivity contribution is 5.95. The summed E-state index contributed by atoms with van der Waals surface area (Å²) in [6, 6.07) is 2.66. The fraction of sp³-hybridized carbons (Fsp3) is 0.588. The summed E-state index contributed by atoms with van der Waals surface area (Å²) in [4.78, 5) is 29.7. The van der Waals surface area contributed by atoms with Crippen LogP contribution in [0.5, 0.6) is 0 Å². The number of morpholine rings is 1. The van der Waals surface area contributed by atoms with Crippen molar-refractivity contribution >= 4 is 17.6 Å². The number of pyridine rings is 1. The number of aliphatic carboxylic acids is 1. The molecule has 7 heteroatoms. The van der Waals surface area contributed by atoms with Crippen molar-refractivity contribution in [3.63, 3.8) is 0 Å². The van der Waals surface area contributed by atoms with Crippen molar-refractivity contribution in [3.8, 4) is 0 Å². The number of hydrogen-bond acceptors (Lipinski definition) is 5. The Kier molecular flexibility index (Phi) is 6.14. The third-order valence-electron chi connectivity index (χ3n) is 3.94. The maximum Gasteiger partial charge on any atom is 0.326 e. The molecule has 2 N–H and O–H groups in total. The second-order valence-corrected chi connectivity index (χ2v) is 6.21. The lowest BCUT2D eigenvalue weighted by Crippen LogP contribution is -2.45. The van der Waals surface area contributed by atoms with Gasteiger partial charge in [0.2, 0.25) is 0 Å². The van der Waals surface area contributed by atoms with Gasteiger partial charge in [-0.1, -0.05) is 13.3 Å². The lowest BCUT2D eigenvalue weighted by Gasteiger charge is -2.36. The summed E-state index contributed by atoms with van der Waals surface area (Å²) in [5, 5.41) is 11.7. The smallest absolute Gasteiger partial charge is 0.326 e. The van der Waals surface area contributed by atoms with Crippen LogP contribution in [0.1, 0.15) is 44.1 Å². The SMILES string of the molecule is CCCC(NC(=O)c1cc(N2CC(C)OC(C)C2)ccn1)C(=O)O. The van der Waals surface area contributed by atoms with Crippen molar-refractivity contribution < 1.29 is 19.4 Å². The Bertz CT molecular complexity index is 583. The summed E-state index contributed by atoms with van der Waals surface area (Å²) in [6.07, 6.45) is 2.86. The number of anilines is 1. The molecule has 1 saturated heterocycles. The van der Waals surface area contributed by atoms with E-state index in [0.717, 1.165) is 18.8 Å². The summed E-state index contributed by atoms with van der Waals surface area (Å²) in [5.74, 6) is -1.50. The largest absolute Gasteiger partial charge is 0.480 e. The number of nitrogens with one attached hydrogen (secondary N) is 1. The quantitative estimate of drug-likeness (QED) is 0.822. The van der Waals surface area contributed by atoms with Crippen LogP contribution in [-0.2, 0) is 9.53 Å². The molecule has 3 unspecified atom stereocenters. The van der Waals surface area contributed by atoms with E-state index < -0.39 is 17.9 Å². The van der Waals surface area contributed by atoms with Crippen LogP contribution in [-0.4, -0.2) is 53.3 Å². The van der Waals surface area contributed by atoms with Gasteiger partial charge in [0.05, 0.1) is 12.2 Å². The molecule has 0 aromatic carbocycles. The van der Waals surface area contributed by atoms with E-state index in [1.165, 1.54) is 0 Å². The van der Waals surface area contributed by atoms with Crippen LogP contribution < -0.4 is 10.2 Å². The Labute approximate surface area is 142 Å². The molecule has 1 amide bonds. The van der Waals surface area contributed by atoms with Crippen LogP contribution in [0.3, 0.4) is 0 Å².